The van der Waals surface area contributed by atoms with Gasteiger partial charge < -0.3 is 5.32 Å². The van der Waals surface area contributed by atoms with E-state index >= 15 is 0 Å². The zero-order chi connectivity index (χ0) is 20.3. The number of nitrogens with zero attached hydrogens (tertiary/aromatic N) is 2. The summed E-state index contributed by atoms with van der Waals surface area (Å²) < 4.78 is 0. The Bertz CT molecular complexity index is 1120. The molecular formula is C22H19N3O2S. The van der Waals surface area contributed by atoms with Crippen molar-refractivity contribution in [3.8, 4) is 6.07 Å². The Kier molecular flexibility index (Phi) is 5.76. The molecule has 5 nitrogen and oxygen atoms in total. The first-order valence-electron chi connectivity index (χ1n) is 8.73. The van der Waals surface area contributed by atoms with E-state index in [1.54, 1.807) is 24.3 Å². The summed E-state index contributed by atoms with van der Waals surface area (Å²) in [6, 6.07) is 14.8. The molecule has 6 heteroatoms. The number of carbonyl (C=O) groups excluding carboxylic acids is 2. The van der Waals surface area contributed by atoms with Gasteiger partial charge in [-0.15, -0.1) is 0 Å². The predicted molar refractivity (Wildman–Crippen MR) is 112 cm³/mol. The Morgan fingerprint density at radius 1 is 1.11 bits per heavy atom. The first-order valence-corrected chi connectivity index (χ1v) is 9.72. The molecule has 0 bridgehead atoms. The van der Waals surface area contributed by atoms with Gasteiger partial charge in [-0.2, -0.15) is 5.26 Å². The largest absolute Gasteiger partial charge is 0.325 e. The average molecular weight is 389 g/mol. The molecule has 140 valence electrons. The standard InChI is InChI=1S/C22H19N3O2S/c1-13-4-5-14(2)21-19(13)10-17(11-23)22(25-21)28-12-20(27)24-18-8-6-16(7-9-18)15(3)26/h4-10H,12H2,1-3H3,(H,24,27). The number of hydrogen-bond donors (Lipinski definition) is 1. The van der Waals surface area contributed by atoms with Crippen molar-refractivity contribution in [1.82, 2.24) is 4.98 Å². The van der Waals surface area contributed by atoms with Crippen molar-refractivity contribution in [2.24, 2.45) is 0 Å². The first-order chi connectivity index (χ1) is 13.4. The van der Waals surface area contributed by atoms with E-state index in [9.17, 15) is 14.9 Å². The second-order valence-corrected chi connectivity index (χ2v) is 7.48. The average Bonchev–Trinajstić information content (AvgIpc) is 2.69. The number of benzene rings is 2. The lowest BCUT2D eigenvalue weighted by Crippen LogP contribution is -2.14. The van der Waals surface area contributed by atoms with Crippen LogP contribution in [-0.2, 0) is 4.79 Å². The lowest BCUT2D eigenvalue weighted by Gasteiger charge is -2.10. The number of aromatic nitrogens is 1. The second-order valence-electron chi connectivity index (χ2n) is 6.52. The first kappa shape index (κ1) is 19.6. The molecular weight excluding hydrogens is 370 g/mol. The third-order valence-electron chi connectivity index (χ3n) is 4.40. The molecule has 1 aromatic heterocycles. The van der Waals surface area contributed by atoms with Crippen LogP contribution in [0, 0.1) is 25.2 Å². The summed E-state index contributed by atoms with van der Waals surface area (Å²) in [5.74, 6) is -0.0929. The van der Waals surface area contributed by atoms with Crippen LogP contribution in [0.4, 0.5) is 5.69 Å². The minimum Gasteiger partial charge on any atom is -0.325 e. The van der Waals surface area contributed by atoms with Gasteiger partial charge in [0.1, 0.15) is 11.1 Å². The molecule has 0 unspecified atom stereocenters. The molecule has 1 heterocycles. The molecule has 2 aromatic carbocycles. The van der Waals surface area contributed by atoms with Crippen molar-refractivity contribution >= 4 is 40.0 Å². The highest BCUT2D eigenvalue weighted by Crippen LogP contribution is 2.28. The normalized spacial score (nSPS) is 10.5. The van der Waals surface area contributed by atoms with Crippen molar-refractivity contribution in [2.45, 2.75) is 25.8 Å². The molecule has 0 aliphatic carbocycles. The van der Waals surface area contributed by atoms with E-state index in [0.717, 1.165) is 22.0 Å². The number of anilines is 1. The Morgan fingerprint density at radius 3 is 2.43 bits per heavy atom. The van der Waals surface area contributed by atoms with Crippen LogP contribution in [-0.4, -0.2) is 22.4 Å². The van der Waals surface area contributed by atoms with Crippen LogP contribution in [0.3, 0.4) is 0 Å². The third kappa shape index (κ3) is 4.21. The fourth-order valence-electron chi connectivity index (χ4n) is 2.83. The number of hydrogen-bond acceptors (Lipinski definition) is 5. The zero-order valence-corrected chi connectivity index (χ0v) is 16.7. The number of rotatable bonds is 5. The van der Waals surface area contributed by atoms with Crippen molar-refractivity contribution < 1.29 is 9.59 Å². The van der Waals surface area contributed by atoms with Gasteiger partial charge in [-0.25, -0.2) is 4.98 Å². The quantitative estimate of drug-likeness (QED) is 0.507. The molecule has 0 atom stereocenters. The number of fused-ring (bicyclic) bond motifs is 1. The lowest BCUT2D eigenvalue weighted by molar-refractivity contribution is -0.113. The van der Waals surface area contributed by atoms with Crippen LogP contribution in [0.2, 0.25) is 0 Å². The van der Waals surface area contributed by atoms with Gasteiger partial charge in [-0.1, -0.05) is 23.9 Å². The number of thioether (sulfide) groups is 1. The van der Waals surface area contributed by atoms with Gasteiger partial charge in [0.2, 0.25) is 5.91 Å². The fraction of sp³-hybridized carbons (Fsp3) is 0.182. The number of amides is 1. The fourth-order valence-corrected chi connectivity index (χ4v) is 3.58. The number of Topliss-reactive ketones (excluding diaryl/α,β-unsaturated/α-hetero) is 1. The summed E-state index contributed by atoms with van der Waals surface area (Å²) in [5.41, 5.74) is 4.62. The number of pyridine rings is 1. The van der Waals surface area contributed by atoms with Gasteiger partial charge in [-0.3, -0.25) is 9.59 Å². The minimum atomic E-state index is -0.202. The maximum atomic E-state index is 12.3. The van der Waals surface area contributed by atoms with Gasteiger partial charge in [0.15, 0.2) is 5.78 Å². The number of nitrogens with one attached hydrogen (secondary N) is 1. The Hall–Kier alpha value is -3.17. The van der Waals surface area contributed by atoms with Crippen molar-refractivity contribution in [1.29, 1.82) is 5.26 Å². The summed E-state index contributed by atoms with van der Waals surface area (Å²) in [6.07, 6.45) is 0. The van der Waals surface area contributed by atoms with Crippen molar-refractivity contribution in [3.05, 3.63) is 64.7 Å². The summed E-state index contributed by atoms with van der Waals surface area (Å²) in [4.78, 5) is 28.2. The smallest absolute Gasteiger partial charge is 0.234 e. The van der Waals surface area contributed by atoms with E-state index in [1.807, 2.05) is 32.0 Å². The van der Waals surface area contributed by atoms with Crippen LogP contribution in [0.5, 0.6) is 0 Å². The third-order valence-corrected chi connectivity index (χ3v) is 5.40. The maximum Gasteiger partial charge on any atom is 0.234 e. The molecule has 0 spiro atoms. The van der Waals surface area contributed by atoms with E-state index in [4.69, 9.17) is 0 Å². The molecule has 0 aliphatic rings. The second kappa shape index (κ2) is 8.24. The van der Waals surface area contributed by atoms with Crippen LogP contribution in [0.1, 0.15) is 34.0 Å². The summed E-state index contributed by atoms with van der Waals surface area (Å²) in [6.45, 7) is 5.46. The van der Waals surface area contributed by atoms with Gasteiger partial charge in [0.25, 0.3) is 0 Å². The molecule has 3 aromatic rings. The highest BCUT2D eigenvalue weighted by Gasteiger charge is 2.13. The van der Waals surface area contributed by atoms with Crippen molar-refractivity contribution in [2.75, 3.05) is 11.1 Å². The minimum absolute atomic E-state index is 0.0228. The van der Waals surface area contributed by atoms with Crippen LogP contribution in [0.15, 0.2) is 47.5 Å². The van der Waals surface area contributed by atoms with E-state index in [-0.39, 0.29) is 17.4 Å². The molecule has 0 saturated heterocycles. The van der Waals surface area contributed by atoms with Gasteiger partial charge in [0.05, 0.1) is 16.8 Å². The Balaban J connectivity index is 1.75. The maximum absolute atomic E-state index is 12.3. The number of ketones is 1. The lowest BCUT2D eigenvalue weighted by atomic mass is 10.0. The van der Waals surface area contributed by atoms with E-state index in [1.165, 1.54) is 18.7 Å². The Labute approximate surface area is 167 Å². The molecule has 0 aliphatic heterocycles. The number of carbonyl (C=O) groups is 2. The van der Waals surface area contributed by atoms with E-state index in [0.29, 0.717) is 21.8 Å². The summed E-state index contributed by atoms with van der Waals surface area (Å²) >= 11 is 1.24. The summed E-state index contributed by atoms with van der Waals surface area (Å²) in [7, 11) is 0. The SMILES string of the molecule is CC(=O)c1ccc(NC(=O)CSc2nc3c(C)ccc(C)c3cc2C#N)cc1. The monoisotopic (exact) mass is 389 g/mol. The van der Waals surface area contributed by atoms with Gasteiger partial charge in [0, 0.05) is 16.6 Å². The molecule has 3 rings (SSSR count). The number of aryl methyl sites for hydroxylation is 2. The van der Waals surface area contributed by atoms with Crippen LogP contribution >= 0.6 is 11.8 Å². The predicted octanol–water partition coefficient (Wildman–Crippen LogP) is 4.66. The number of nitriles is 1. The highest BCUT2D eigenvalue weighted by molar-refractivity contribution is 8.00. The molecule has 0 saturated carbocycles. The molecule has 1 N–H and O–H groups in total. The molecule has 1 amide bonds. The molecule has 0 fully saturated rings. The van der Waals surface area contributed by atoms with Crippen molar-refractivity contribution in [3.63, 3.8) is 0 Å². The van der Waals surface area contributed by atoms with Crippen LogP contribution < -0.4 is 5.32 Å². The van der Waals surface area contributed by atoms with E-state index in [2.05, 4.69) is 16.4 Å². The zero-order valence-electron chi connectivity index (χ0n) is 15.9. The molecule has 28 heavy (non-hydrogen) atoms. The van der Waals surface area contributed by atoms with Crippen LogP contribution in [0.25, 0.3) is 10.9 Å². The van der Waals surface area contributed by atoms with Gasteiger partial charge in [-0.05, 0) is 62.2 Å². The topological polar surface area (TPSA) is 82.8 Å². The highest BCUT2D eigenvalue weighted by atomic mass is 32.2. The Morgan fingerprint density at radius 2 is 1.79 bits per heavy atom. The van der Waals surface area contributed by atoms with Gasteiger partial charge >= 0.3 is 0 Å². The molecule has 0 radical (unpaired) electrons. The van der Waals surface area contributed by atoms with E-state index < -0.39 is 0 Å². The summed E-state index contributed by atoms with van der Waals surface area (Å²) in [5, 5.41) is 13.8.